The summed E-state index contributed by atoms with van der Waals surface area (Å²) in [5.41, 5.74) is 5.57. The third-order valence-corrected chi connectivity index (χ3v) is 2.38. The summed E-state index contributed by atoms with van der Waals surface area (Å²) in [6.45, 7) is 8.28. The molecule has 4 N–H and O–H groups in total. The minimum absolute atomic E-state index is 0.0290. The van der Waals surface area contributed by atoms with Gasteiger partial charge in [-0.15, -0.1) is 5.10 Å². The average Bonchev–Trinajstić information content (AvgIpc) is 2.72. The number of hydrogen-bond donors (Lipinski definition) is 3. The monoisotopic (exact) mass is 268 g/mol. The highest BCUT2D eigenvalue weighted by atomic mass is 16.2. The molecule has 0 saturated heterocycles. The molecule has 0 aliphatic carbocycles. The molecule has 0 bridgehead atoms. The van der Waals surface area contributed by atoms with E-state index >= 15 is 0 Å². The van der Waals surface area contributed by atoms with Crippen molar-refractivity contribution in [3.05, 3.63) is 11.9 Å². The Morgan fingerprint density at radius 3 is 2.63 bits per heavy atom. The summed E-state index contributed by atoms with van der Waals surface area (Å²) in [5, 5.41) is 13.1. The molecular weight excluding hydrogens is 248 g/mol. The van der Waals surface area contributed by atoms with E-state index in [1.54, 1.807) is 13.1 Å². The van der Waals surface area contributed by atoms with Crippen molar-refractivity contribution in [1.82, 2.24) is 25.6 Å². The first-order valence-corrected chi connectivity index (χ1v) is 5.95. The number of carbonyl (C=O) groups excluding carboxylic acids is 2. The second kappa shape index (κ2) is 5.79. The van der Waals surface area contributed by atoms with Gasteiger partial charge < -0.3 is 11.1 Å². The summed E-state index contributed by atoms with van der Waals surface area (Å²) in [5.74, 6) is -0.521. The Bertz CT molecular complexity index is 462. The number of nitrogens with zero attached hydrogens (tertiary/aromatic N) is 3. The standard InChI is InChI=1S/C11H20N6O2/c1-7(9(18)14-10(12)19)17-6-8(15-16-17)5-13-11(2,3)4/h6-7,13H,5H2,1-4H3,(H3,12,14,18,19). The lowest BCUT2D eigenvalue weighted by Gasteiger charge is -2.19. The number of hydrogen-bond acceptors (Lipinski definition) is 5. The van der Waals surface area contributed by atoms with Gasteiger partial charge in [-0.25, -0.2) is 9.48 Å². The first-order chi connectivity index (χ1) is 8.69. The molecule has 1 aromatic rings. The minimum atomic E-state index is -0.883. The Balaban J connectivity index is 2.63. The van der Waals surface area contributed by atoms with Crippen molar-refractivity contribution >= 4 is 11.9 Å². The Kier molecular flexibility index (Phi) is 4.60. The van der Waals surface area contributed by atoms with Gasteiger partial charge in [-0.1, -0.05) is 5.21 Å². The quantitative estimate of drug-likeness (QED) is 0.706. The molecule has 0 aromatic carbocycles. The molecule has 106 valence electrons. The van der Waals surface area contributed by atoms with E-state index in [-0.39, 0.29) is 5.54 Å². The van der Waals surface area contributed by atoms with Crippen molar-refractivity contribution in [3.8, 4) is 0 Å². The van der Waals surface area contributed by atoms with E-state index in [1.807, 2.05) is 26.1 Å². The van der Waals surface area contributed by atoms with Crippen LogP contribution < -0.4 is 16.4 Å². The van der Waals surface area contributed by atoms with E-state index < -0.39 is 18.0 Å². The van der Waals surface area contributed by atoms with Crippen LogP contribution in [0.15, 0.2) is 6.20 Å². The highest BCUT2D eigenvalue weighted by molar-refractivity contribution is 5.95. The molecule has 19 heavy (non-hydrogen) atoms. The van der Waals surface area contributed by atoms with Gasteiger partial charge in [0.05, 0.1) is 11.9 Å². The van der Waals surface area contributed by atoms with Crippen LogP contribution in [0.3, 0.4) is 0 Å². The Morgan fingerprint density at radius 2 is 2.11 bits per heavy atom. The van der Waals surface area contributed by atoms with Crippen molar-refractivity contribution in [2.24, 2.45) is 5.73 Å². The van der Waals surface area contributed by atoms with Gasteiger partial charge in [0.2, 0.25) is 0 Å². The lowest BCUT2D eigenvalue weighted by molar-refractivity contribution is -0.123. The van der Waals surface area contributed by atoms with Gasteiger partial charge in [0, 0.05) is 12.1 Å². The van der Waals surface area contributed by atoms with Gasteiger partial charge >= 0.3 is 6.03 Å². The molecular formula is C11H20N6O2. The normalized spacial score (nSPS) is 13.1. The number of primary amides is 1. The predicted molar refractivity (Wildman–Crippen MR) is 69.1 cm³/mol. The van der Waals surface area contributed by atoms with Crippen molar-refractivity contribution < 1.29 is 9.59 Å². The first kappa shape index (κ1) is 15.1. The van der Waals surface area contributed by atoms with E-state index in [4.69, 9.17) is 5.73 Å². The predicted octanol–water partition coefficient (Wildman–Crippen LogP) is -0.0779. The summed E-state index contributed by atoms with van der Waals surface area (Å²) < 4.78 is 1.39. The van der Waals surface area contributed by atoms with Crippen LogP contribution in [0.4, 0.5) is 4.79 Å². The fraction of sp³-hybridized carbons (Fsp3) is 0.636. The zero-order chi connectivity index (χ0) is 14.6. The lowest BCUT2D eigenvalue weighted by Crippen LogP contribution is -2.39. The van der Waals surface area contributed by atoms with Gasteiger partial charge in [0.15, 0.2) is 0 Å². The summed E-state index contributed by atoms with van der Waals surface area (Å²) in [6, 6.07) is -1.53. The van der Waals surface area contributed by atoms with E-state index in [0.717, 1.165) is 0 Å². The van der Waals surface area contributed by atoms with Crippen molar-refractivity contribution in [2.45, 2.75) is 45.8 Å². The number of nitrogens with one attached hydrogen (secondary N) is 2. The van der Waals surface area contributed by atoms with Gasteiger partial charge in [-0.2, -0.15) is 0 Å². The fourth-order valence-electron chi connectivity index (χ4n) is 1.29. The van der Waals surface area contributed by atoms with Crippen LogP contribution in [0.25, 0.3) is 0 Å². The number of urea groups is 1. The maximum Gasteiger partial charge on any atom is 0.318 e. The third kappa shape index (κ3) is 5.04. The Hall–Kier alpha value is -1.96. The first-order valence-electron chi connectivity index (χ1n) is 5.95. The van der Waals surface area contributed by atoms with Crippen LogP contribution in [0.1, 0.15) is 39.4 Å². The largest absolute Gasteiger partial charge is 0.351 e. The molecule has 0 spiro atoms. The third-order valence-electron chi connectivity index (χ3n) is 2.38. The van der Waals surface area contributed by atoms with Gasteiger partial charge in [-0.3, -0.25) is 10.1 Å². The smallest absolute Gasteiger partial charge is 0.318 e. The summed E-state index contributed by atoms with van der Waals surface area (Å²) in [6.07, 6.45) is 1.66. The molecule has 8 heteroatoms. The molecule has 8 nitrogen and oxygen atoms in total. The van der Waals surface area contributed by atoms with Gasteiger partial charge in [0.25, 0.3) is 5.91 Å². The second-order valence-electron chi connectivity index (χ2n) is 5.32. The average molecular weight is 268 g/mol. The molecule has 0 aliphatic rings. The lowest BCUT2D eigenvalue weighted by atomic mass is 10.1. The molecule has 0 aliphatic heterocycles. The van der Waals surface area contributed by atoms with Crippen LogP contribution in [0.2, 0.25) is 0 Å². The molecule has 0 radical (unpaired) electrons. The van der Waals surface area contributed by atoms with Crippen LogP contribution in [-0.4, -0.2) is 32.5 Å². The zero-order valence-electron chi connectivity index (χ0n) is 11.6. The topological polar surface area (TPSA) is 115 Å². The highest BCUT2D eigenvalue weighted by Gasteiger charge is 2.18. The Labute approximate surface area is 111 Å². The van der Waals surface area contributed by atoms with Crippen LogP contribution >= 0.6 is 0 Å². The van der Waals surface area contributed by atoms with E-state index in [2.05, 4.69) is 15.6 Å². The number of amides is 3. The van der Waals surface area contributed by atoms with E-state index in [9.17, 15) is 9.59 Å². The Morgan fingerprint density at radius 1 is 1.47 bits per heavy atom. The summed E-state index contributed by atoms with van der Waals surface area (Å²) in [4.78, 5) is 22.2. The fourth-order valence-corrected chi connectivity index (χ4v) is 1.29. The molecule has 1 atom stereocenters. The van der Waals surface area contributed by atoms with Crippen molar-refractivity contribution in [2.75, 3.05) is 0 Å². The van der Waals surface area contributed by atoms with Gasteiger partial charge in [-0.05, 0) is 27.7 Å². The molecule has 1 heterocycles. The number of imide groups is 1. The molecule has 0 saturated carbocycles. The SMILES string of the molecule is CC(C(=O)NC(N)=O)n1cc(CNC(C)(C)C)nn1. The maximum atomic E-state index is 11.6. The second-order valence-corrected chi connectivity index (χ2v) is 5.32. The number of carbonyl (C=O) groups is 2. The maximum absolute atomic E-state index is 11.6. The number of nitrogens with two attached hydrogens (primary N) is 1. The van der Waals surface area contributed by atoms with Crippen LogP contribution in [0, 0.1) is 0 Å². The number of aromatic nitrogens is 3. The summed E-state index contributed by atoms with van der Waals surface area (Å²) in [7, 11) is 0. The molecule has 3 amide bonds. The minimum Gasteiger partial charge on any atom is -0.351 e. The zero-order valence-corrected chi connectivity index (χ0v) is 11.6. The highest BCUT2D eigenvalue weighted by Crippen LogP contribution is 2.06. The van der Waals surface area contributed by atoms with Crippen molar-refractivity contribution in [1.29, 1.82) is 0 Å². The van der Waals surface area contributed by atoms with E-state index in [0.29, 0.717) is 12.2 Å². The number of rotatable bonds is 4. The molecule has 0 fully saturated rings. The van der Waals surface area contributed by atoms with E-state index in [1.165, 1.54) is 4.68 Å². The van der Waals surface area contributed by atoms with Gasteiger partial charge in [0.1, 0.15) is 6.04 Å². The van der Waals surface area contributed by atoms with Crippen LogP contribution in [-0.2, 0) is 11.3 Å². The molecule has 1 rings (SSSR count). The molecule has 1 unspecified atom stereocenters. The van der Waals surface area contributed by atoms with Crippen LogP contribution in [0.5, 0.6) is 0 Å². The molecule has 1 aromatic heterocycles. The summed E-state index contributed by atoms with van der Waals surface area (Å²) >= 11 is 0. The van der Waals surface area contributed by atoms with Crippen molar-refractivity contribution in [3.63, 3.8) is 0 Å².